The first-order chi connectivity index (χ1) is 13.5. The molecule has 4 aromatic rings. The van der Waals surface area contributed by atoms with Crippen molar-refractivity contribution in [3.05, 3.63) is 71.6 Å². The third-order valence-electron chi connectivity index (χ3n) is 5.11. The van der Waals surface area contributed by atoms with E-state index in [1.807, 2.05) is 31.7 Å². The first-order valence-corrected chi connectivity index (χ1v) is 9.40. The van der Waals surface area contributed by atoms with Crippen LogP contribution in [0.3, 0.4) is 0 Å². The highest BCUT2D eigenvalue weighted by Crippen LogP contribution is 2.32. The maximum atomic E-state index is 13.7. The van der Waals surface area contributed by atoms with Crippen molar-refractivity contribution in [3.63, 3.8) is 0 Å². The number of benzene rings is 1. The van der Waals surface area contributed by atoms with Crippen LogP contribution in [0, 0.1) is 5.82 Å². The summed E-state index contributed by atoms with van der Waals surface area (Å²) in [5.74, 6) is -0.365. The van der Waals surface area contributed by atoms with Gasteiger partial charge in [0, 0.05) is 55.1 Å². The molecular weight excluding hydrogens is 355 g/mol. The molecule has 6 heteroatoms. The minimum absolute atomic E-state index is 0.365. The molecule has 0 amide bonds. The van der Waals surface area contributed by atoms with Gasteiger partial charge >= 0.3 is 0 Å². The molecule has 0 saturated heterocycles. The van der Waals surface area contributed by atoms with Crippen LogP contribution in [0.25, 0.3) is 22.2 Å². The number of aliphatic hydroxyl groups is 1. The van der Waals surface area contributed by atoms with E-state index in [4.69, 9.17) is 0 Å². The van der Waals surface area contributed by atoms with E-state index in [2.05, 4.69) is 27.8 Å². The van der Waals surface area contributed by atoms with E-state index in [9.17, 15) is 9.50 Å². The van der Waals surface area contributed by atoms with E-state index in [1.54, 1.807) is 17.7 Å². The number of pyridine rings is 1. The number of hydrogen-bond acceptors (Lipinski definition) is 3. The minimum Gasteiger partial charge on any atom is -0.389 e. The van der Waals surface area contributed by atoms with E-state index in [1.165, 1.54) is 23.1 Å². The predicted molar refractivity (Wildman–Crippen MR) is 107 cm³/mol. The molecule has 1 aromatic carbocycles. The fourth-order valence-corrected chi connectivity index (χ4v) is 3.81. The smallest absolute Gasteiger partial charge is 0.123 e. The molecule has 4 rings (SSSR count). The standard InChI is InChI=1S/C22H23FN4O/c1-4-27-13-15(18-7-8-24-11-21(18)27)9-16-12-26(3)25-22(16)19-6-5-17(23)10-20(19)14(2)28/h5-8,10-14,28H,4,9H2,1-3H3/t14-/m1/s1. The summed E-state index contributed by atoms with van der Waals surface area (Å²) < 4.78 is 17.7. The van der Waals surface area contributed by atoms with Crippen molar-refractivity contribution in [2.45, 2.75) is 32.9 Å². The van der Waals surface area contributed by atoms with E-state index < -0.39 is 6.10 Å². The number of rotatable bonds is 5. The lowest BCUT2D eigenvalue weighted by atomic mass is 9.96. The Morgan fingerprint density at radius 2 is 2.00 bits per heavy atom. The number of aryl methyl sites for hydroxylation is 2. The predicted octanol–water partition coefficient (Wildman–Crippen LogP) is 4.24. The topological polar surface area (TPSA) is 55.9 Å². The highest BCUT2D eigenvalue weighted by atomic mass is 19.1. The molecule has 28 heavy (non-hydrogen) atoms. The molecule has 1 N–H and O–H groups in total. The Hall–Kier alpha value is -2.99. The quantitative estimate of drug-likeness (QED) is 0.565. The average Bonchev–Trinajstić information content (AvgIpc) is 3.22. The number of aliphatic hydroxyl groups excluding tert-OH is 1. The zero-order valence-electron chi connectivity index (χ0n) is 16.2. The van der Waals surface area contributed by atoms with Gasteiger partial charge in [0.25, 0.3) is 0 Å². The van der Waals surface area contributed by atoms with Crippen molar-refractivity contribution >= 4 is 10.9 Å². The van der Waals surface area contributed by atoms with Gasteiger partial charge in [-0.2, -0.15) is 5.10 Å². The molecule has 144 valence electrons. The second-order valence-corrected chi connectivity index (χ2v) is 7.09. The molecule has 1 atom stereocenters. The van der Waals surface area contributed by atoms with Crippen LogP contribution in [0.5, 0.6) is 0 Å². The highest BCUT2D eigenvalue weighted by molar-refractivity contribution is 5.84. The van der Waals surface area contributed by atoms with E-state index in [0.717, 1.165) is 28.9 Å². The molecule has 5 nitrogen and oxygen atoms in total. The number of fused-ring (bicyclic) bond motifs is 1. The third kappa shape index (κ3) is 3.20. The Kier molecular flexibility index (Phi) is 4.73. The van der Waals surface area contributed by atoms with Crippen LogP contribution < -0.4 is 0 Å². The van der Waals surface area contributed by atoms with Gasteiger partial charge in [-0.3, -0.25) is 9.67 Å². The van der Waals surface area contributed by atoms with Gasteiger partial charge in [-0.25, -0.2) is 4.39 Å². The highest BCUT2D eigenvalue weighted by Gasteiger charge is 2.19. The van der Waals surface area contributed by atoms with Gasteiger partial charge in [-0.05, 0) is 49.2 Å². The summed E-state index contributed by atoms with van der Waals surface area (Å²) in [6.07, 6.45) is 7.74. The Bertz CT molecular complexity index is 1140. The lowest BCUT2D eigenvalue weighted by molar-refractivity contribution is 0.199. The van der Waals surface area contributed by atoms with Crippen LogP contribution in [0.15, 0.2) is 49.1 Å². The molecule has 0 aliphatic heterocycles. The Labute approximate surface area is 163 Å². The van der Waals surface area contributed by atoms with Crippen LogP contribution in [0.2, 0.25) is 0 Å². The van der Waals surface area contributed by atoms with E-state index in [-0.39, 0.29) is 5.82 Å². The summed E-state index contributed by atoms with van der Waals surface area (Å²) in [4.78, 5) is 4.25. The first kappa shape index (κ1) is 18.4. The number of hydrogen-bond donors (Lipinski definition) is 1. The van der Waals surface area contributed by atoms with Crippen molar-refractivity contribution in [3.8, 4) is 11.3 Å². The Morgan fingerprint density at radius 1 is 1.18 bits per heavy atom. The van der Waals surface area contributed by atoms with Crippen LogP contribution in [0.4, 0.5) is 4.39 Å². The van der Waals surface area contributed by atoms with Gasteiger partial charge in [0.2, 0.25) is 0 Å². The molecule has 0 unspecified atom stereocenters. The van der Waals surface area contributed by atoms with Crippen LogP contribution >= 0.6 is 0 Å². The average molecular weight is 378 g/mol. The van der Waals surface area contributed by atoms with Gasteiger partial charge in [0.15, 0.2) is 0 Å². The van der Waals surface area contributed by atoms with Crippen molar-refractivity contribution in [1.82, 2.24) is 19.3 Å². The van der Waals surface area contributed by atoms with Crippen molar-refractivity contribution in [2.24, 2.45) is 7.05 Å². The second kappa shape index (κ2) is 7.20. The summed E-state index contributed by atoms with van der Waals surface area (Å²) in [6.45, 7) is 4.62. The van der Waals surface area contributed by atoms with Gasteiger partial charge in [0.1, 0.15) is 5.82 Å². The maximum absolute atomic E-state index is 13.7. The molecular formula is C22H23FN4O. The molecule has 0 aliphatic carbocycles. The third-order valence-corrected chi connectivity index (χ3v) is 5.11. The molecule has 0 saturated carbocycles. The SMILES string of the molecule is CCn1cc(Cc2cn(C)nc2-c2ccc(F)cc2[C@@H](C)O)c2ccncc21. The Balaban J connectivity index is 1.83. The van der Waals surface area contributed by atoms with Crippen LogP contribution in [-0.2, 0) is 20.0 Å². The molecule has 3 aromatic heterocycles. The zero-order chi connectivity index (χ0) is 19.8. The van der Waals surface area contributed by atoms with E-state index >= 15 is 0 Å². The molecule has 3 heterocycles. The van der Waals surface area contributed by atoms with Crippen molar-refractivity contribution < 1.29 is 9.50 Å². The van der Waals surface area contributed by atoms with E-state index in [0.29, 0.717) is 12.0 Å². The lowest BCUT2D eigenvalue weighted by Gasteiger charge is -2.12. The minimum atomic E-state index is -0.784. The van der Waals surface area contributed by atoms with Gasteiger partial charge in [0.05, 0.1) is 23.5 Å². The fourth-order valence-electron chi connectivity index (χ4n) is 3.81. The molecule has 0 aliphatic rings. The summed E-state index contributed by atoms with van der Waals surface area (Å²) in [5, 5.41) is 15.9. The van der Waals surface area contributed by atoms with Gasteiger partial charge < -0.3 is 9.67 Å². The number of nitrogens with zero attached hydrogens (tertiary/aromatic N) is 4. The maximum Gasteiger partial charge on any atom is 0.123 e. The van der Waals surface area contributed by atoms with Crippen molar-refractivity contribution in [1.29, 1.82) is 0 Å². The second-order valence-electron chi connectivity index (χ2n) is 7.09. The lowest BCUT2D eigenvalue weighted by Crippen LogP contribution is -1.99. The number of halogens is 1. The molecule has 0 radical (unpaired) electrons. The van der Waals surface area contributed by atoms with Gasteiger partial charge in [-0.1, -0.05) is 0 Å². The largest absolute Gasteiger partial charge is 0.389 e. The van der Waals surface area contributed by atoms with Crippen LogP contribution in [0.1, 0.15) is 36.6 Å². The molecule has 0 spiro atoms. The fraction of sp³-hybridized carbons (Fsp3) is 0.273. The monoisotopic (exact) mass is 378 g/mol. The van der Waals surface area contributed by atoms with Crippen LogP contribution in [-0.4, -0.2) is 24.4 Å². The molecule has 0 bridgehead atoms. The summed E-state index contributed by atoms with van der Waals surface area (Å²) in [5.41, 5.74) is 5.40. The first-order valence-electron chi connectivity index (χ1n) is 9.40. The normalized spacial score (nSPS) is 12.6. The van der Waals surface area contributed by atoms with Crippen molar-refractivity contribution in [2.75, 3.05) is 0 Å². The molecule has 0 fully saturated rings. The summed E-state index contributed by atoms with van der Waals surface area (Å²) >= 11 is 0. The Morgan fingerprint density at radius 3 is 2.75 bits per heavy atom. The summed E-state index contributed by atoms with van der Waals surface area (Å²) in [6, 6.07) is 6.52. The summed E-state index contributed by atoms with van der Waals surface area (Å²) in [7, 11) is 1.87. The zero-order valence-corrected chi connectivity index (χ0v) is 16.2. The number of aromatic nitrogens is 4. The van der Waals surface area contributed by atoms with Gasteiger partial charge in [-0.15, -0.1) is 0 Å².